The summed E-state index contributed by atoms with van der Waals surface area (Å²) in [5.74, 6) is -2.07. The minimum Gasteiger partial charge on any atom is -0.469 e. The molecule has 0 radical (unpaired) electrons. The normalized spacial score (nSPS) is 17.8. The Labute approximate surface area is 184 Å². The number of morpholine rings is 1. The Morgan fingerprint density at radius 3 is 2.66 bits per heavy atom. The zero-order valence-corrected chi connectivity index (χ0v) is 18.3. The number of pyridine rings is 1. The summed E-state index contributed by atoms with van der Waals surface area (Å²) in [6, 6.07) is 6.57. The highest BCUT2D eigenvalue weighted by Crippen LogP contribution is 2.25. The first-order chi connectivity index (χ1) is 15.0. The predicted molar refractivity (Wildman–Crippen MR) is 114 cm³/mol. The van der Waals surface area contributed by atoms with Crippen molar-refractivity contribution in [2.24, 2.45) is 0 Å². The molecule has 3 rings (SSSR count). The minimum absolute atomic E-state index is 0.100. The maximum Gasteiger partial charge on any atom is 0.338 e. The van der Waals surface area contributed by atoms with Crippen LogP contribution in [0.3, 0.4) is 0 Å². The summed E-state index contributed by atoms with van der Waals surface area (Å²) < 4.78 is 15.1. The molecule has 172 valence electrons. The first-order valence-corrected chi connectivity index (χ1v) is 10.1. The zero-order valence-electron chi connectivity index (χ0n) is 18.3. The molecule has 2 aromatic rings. The molecule has 1 saturated heterocycles. The van der Waals surface area contributed by atoms with Gasteiger partial charge in [0.25, 0.3) is 11.5 Å². The van der Waals surface area contributed by atoms with Crippen LogP contribution < -0.4 is 10.5 Å². The molecule has 0 spiro atoms. The monoisotopic (exact) mass is 446 g/mol. The van der Waals surface area contributed by atoms with Crippen molar-refractivity contribution in [2.45, 2.75) is 45.0 Å². The van der Waals surface area contributed by atoms with Crippen molar-refractivity contribution in [1.29, 1.82) is 0 Å². The Morgan fingerprint density at radius 1 is 1.28 bits per heavy atom. The number of nitrogens with one attached hydrogen (secondary N) is 1. The molecule has 0 aliphatic carbocycles. The highest BCUT2D eigenvalue weighted by atomic mass is 16.6. The second-order valence-corrected chi connectivity index (χ2v) is 8.41. The minimum atomic E-state index is -1.77. The molecule has 0 saturated carbocycles. The molecule has 0 unspecified atom stereocenters. The quantitative estimate of drug-likeness (QED) is 0.640. The van der Waals surface area contributed by atoms with E-state index in [9.17, 15) is 24.3 Å². The van der Waals surface area contributed by atoms with Crippen molar-refractivity contribution in [2.75, 3.05) is 25.2 Å². The third kappa shape index (κ3) is 5.14. The van der Waals surface area contributed by atoms with Gasteiger partial charge >= 0.3 is 11.9 Å². The molecule has 1 aliphatic heterocycles. The van der Waals surface area contributed by atoms with Crippen LogP contribution in [0, 0.1) is 0 Å². The number of anilines is 1. The average molecular weight is 446 g/mol. The van der Waals surface area contributed by atoms with Gasteiger partial charge in [-0.15, -0.1) is 0 Å². The molecule has 0 bridgehead atoms. The Balaban J connectivity index is 1.85. The largest absolute Gasteiger partial charge is 0.469 e. The number of aromatic nitrogens is 1. The second kappa shape index (κ2) is 9.09. The number of fused-ring (bicyclic) bond motifs is 1. The number of rotatable bonds is 5. The van der Waals surface area contributed by atoms with Crippen LogP contribution in [-0.4, -0.2) is 66.0 Å². The topological polar surface area (TPSA) is 135 Å². The summed E-state index contributed by atoms with van der Waals surface area (Å²) in [4.78, 5) is 53.0. The van der Waals surface area contributed by atoms with E-state index in [1.807, 2.05) is 0 Å². The molecule has 10 nitrogen and oxygen atoms in total. The number of aliphatic hydroxyl groups is 1. The van der Waals surface area contributed by atoms with Gasteiger partial charge in [0.15, 0.2) is 12.2 Å². The van der Waals surface area contributed by atoms with Gasteiger partial charge < -0.3 is 29.2 Å². The fraction of sp³-hybridized carbons (Fsp3) is 0.455. The van der Waals surface area contributed by atoms with Gasteiger partial charge in [0.1, 0.15) is 5.60 Å². The van der Waals surface area contributed by atoms with E-state index >= 15 is 0 Å². The van der Waals surface area contributed by atoms with Crippen LogP contribution in [0.25, 0.3) is 10.9 Å². The first-order valence-electron chi connectivity index (χ1n) is 10.1. The van der Waals surface area contributed by atoms with Crippen molar-refractivity contribution < 1.29 is 33.7 Å². The standard InChI is InChI=1S/C22H26N2O8/c1-22(2,3)32-21(29)17(26)18-20(28)24(7-8-31-18)14-6-5-12-9-13(10-16(25)30-4)19(27)23-15(12)11-14/h5-6,9,11,17-18,26H,7-8,10H2,1-4H3,(H,23,27)/t17-,18-/m1/s1. The number of carbonyl (C=O) groups excluding carboxylic acids is 3. The second-order valence-electron chi connectivity index (χ2n) is 8.41. The number of nitrogens with zero attached hydrogens (tertiary/aromatic N) is 1. The SMILES string of the molecule is COC(=O)Cc1cc2ccc(N3CCO[C@H]([C@@H](O)C(=O)OC(C)(C)C)C3=O)cc2[nH]c1=O. The molecule has 1 aliphatic rings. The maximum absolute atomic E-state index is 13.0. The zero-order chi connectivity index (χ0) is 23.6. The summed E-state index contributed by atoms with van der Waals surface area (Å²) >= 11 is 0. The molecule has 32 heavy (non-hydrogen) atoms. The summed E-state index contributed by atoms with van der Waals surface area (Å²) in [7, 11) is 1.25. The van der Waals surface area contributed by atoms with Crippen LogP contribution in [0.4, 0.5) is 5.69 Å². The van der Waals surface area contributed by atoms with E-state index < -0.39 is 41.2 Å². The van der Waals surface area contributed by atoms with Crippen molar-refractivity contribution in [3.05, 3.63) is 40.2 Å². The highest BCUT2D eigenvalue weighted by molar-refractivity contribution is 6.01. The number of hydrogen-bond acceptors (Lipinski definition) is 8. The lowest BCUT2D eigenvalue weighted by Crippen LogP contribution is -2.55. The van der Waals surface area contributed by atoms with Crippen molar-refractivity contribution in [3.8, 4) is 0 Å². The number of benzene rings is 1. The fourth-order valence-corrected chi connectivity index (χ4v) is 3.34. The van der Waals surface area contributed by atoms with Crippen molar-refractivity contribution in [3.63, 3.8) is 0 Å². The van der Waals surface area contributed by atoms with E-state index in [1.165, 1.54) is 12.0 Å². The summed E-state index contributed by atoms with van der Waals surface area (Å²) in [6.07, 6.45) is -3.34. The fourth-order valence-electron chi connectivity index (χ4n) is 3.34. The van der Waals surface area contributed by atoms with Crippen LogP contribution in [0.1, 0.15) is 26.3 Å². The maximum atomic E-state index is 13.0. The average Bonchev–Trinajstić information content (AvgIpc) is 2.72. The van der Waals surface area contributed by atoms with Gasteiger partial charge in [-0.05, 0) is 44.4 Å². The van der Waals surface area contributed by atoms with Crippen molar-refractivity contribution >= 4 is 34.4 Å². The van der Waals surface area contributed by atoms with Gasteiger partial charge in [-0.2, -0.15) is 0 Å². The molecular formula is C22H26N2O8. The molecule has 2 heterocycles. The summed E-state index contributed by atoms with van der Waals surface area (Å²) in [5.41, 5.74) is -0.0771. The Morgan fingerprint density at radius 2 is 2.00 bits per heavy atom. The molecule has 2 N–H and O–H groups in total. The molecule has 1 aromatic carbocycles. The number of amides is 1. The van der Waals surface area contributed by atoms with Crippen LogP contribution in [0.2, 0.25) is 0 Å². The van der Waals surface area contributed by atoms with E-state index in [4.69, 9.17) is 9.47 Å². The third-order valence-electron chi connectivity index (χ3n) is 4.84. The molecule has 10 heteroatoms. The van der Waals surface area contributed by atoms with Gasteiger partial charge in [0, 0.05) is 17.8 Å². The molecule has 1 aromatic heterocycles. The number of aliphatic hydroxyl groups excluding tert-OH is 1. The summed E-state index contributed by atoms with van der Waals surface area (Å²) in [6.45, 7) is 5.26. The predicted octanol–water partition coefficient (Wildman–Crippen LogP) is 0.678. The molecule has 2 atom stereocenters. The van der Waals surface area contributed by atoms with Crippen molar-refractivity contribution in [1.82, 2.24) is 4.98 Å². The number of ether oxygens (including phenoxy) is 3. The van der Waals surface area contributed by atoms with Gasteiger partial charge in [0.05, 0.1) is 25.7 Å². The molecular weight excluding hydrogens is 420 g/mol. The first kappa shape index (κ1) is 23.4. The van der Waals surface area contributed by atoms with Crippen LogP contribution >= 0.6 is 0 Å². The molecule has 1 fully saturated rings. The van der Waals surface area contributed by atoms with Gasteiger partial charge in [-0.1, -0.05) is 6.07 Å². The van der Waals surface area contributed by atoms with Crippen LogP contribution in [-0.2, 0) is 35.0 Å². The van der Waals surface area contributed by atoms with E-state index in [-0.39, 0.29) is 25.1 Å². The third-order valence-corrected chi connectivity index (χ3v) is 4.84. The van der Waals surface area contributed by atoms with Crippen LogP contribution in [0.5, 0.6) is 0 Å². The Hall–Kier alpha value is -3.24. The van der Waals surface area contributed by atoms with E-state index in [0.717, 1.165) is 0 Å². The van der Waals surface area contributed by atoms with Crippen LogP contribution in [0.15, 0.2) is 29.1 Å². The number of H-pyrrole nitrogens is 1. The van der Waals surface area contributed by atoms with Gasteiger partial charge in [0.2, 0.25) is 0 Å². The lowest BCUT2D eigenvalue weighted by atomic mass is 10.1. The Kier molecular flexibility index (Phi) is 6.65. The lowest BCUT2D eigenvalue weighted by molar-refractivity contribution is -0.177. The van der Waals surface area contributed by atoms with E-state index in [0.29, 0.717) is 16.6 Å². The smallest absolute Gasteiger partial charge is 0.338 e. The number of aromatic amines is 1. The molecule has 1 amide bonds. The van der Waals surface area contributed by atoms with E-state index in [2.05, 4.69) is 9.72 Å². The van der Waals surface area contributed by atoms with Gasteiger partial charge in [-0.25, -0.2) is 4.79 Å². The Bertz CT molecular complexity index is 1100. The van der Waals surface area contributed by atoms with E-state index in [1.54, 1.807) is 45.0 Å². The number of carbonyl (C=O) groups is 3. The number of esters is 2. The lowest BCUT2D eigenvalue weighted by Gasteiger charge is -2.34. The van der Waals surface area contributed by atoms with Gasteiger partial charge in [-0.3, -0.25) is 14.4 Å². The highest BCUT2D eigenvalue weighted by Gasteiger charge is 2.41. The summed E-state index contributed by atoms with van der Waals surface area (Å²) in [5, 5.41) is 11.0. The number of methoxy groups -OCH3 is 1. The number of hydrogen-bond donors (Lipinski definition) is 2.